The van der Waals surface area contributed by atoms with Gasteiger partial charge in [-0.2, -0.15) is 0 Å². The summed E-state index contributed by atoms with van der Waals surface area (Å²) in [5.74, 6) is -0.364. The van der Waals surface area contributed by atoms with Crippen LogP contribution in [0.2, 0.25) is 5.02 Å². The molecule has 0 heterocycles. The fourth-order valence-corrected chi connectivity index (χ4v) is 1.30. The summed E-state index contributed by atoms with van der Waals surface area (Å²) in [5, 5.41) is 13.3. The predicted molar refractivity (Wildman–Crippen MR) is 61.4 cm³/mol. The molecule has 4 nitrogen and oxygen atoms in total. The maximum Gasteiger partial charge on any atom is 0.294 e. The summed E-state index contributed by atoms with van der Waals surface area (Å²) < 4.78 is 13.2. The molecule has 0 bridgehead atoms. The highest BCUT2D eigenvalue weighted by molar-refractivity contribution is 6.31. The standard InChI is InChI=1S/C10H12ClFN2O2/c1-6(2)5-13-9-4-8(12)7(11)3-10(9)14(15)16/h3-4,6,13H,5H2,1-2H3. The quantitative estimate of drug-likeness (QED) is 0.654. The van der Waals surface area contributed by atoms with Gasteiger partial charge in [-0.05, 0) is 5.92 Å². The van der Waals surface area contributed by atoms with Crippen LogP contribution in [0, 0.1) is 21.8 Å². The number of benzene rings is 1. The van der Waals surface area contributed by atoms with E-state index in [1.165, 1.54) is 0 Å². The largest absolute Gasteiger partial charge is 0.379 e. The van der Waals surface area contributed by atoms with Crippen LogP contribution >= 0.6 is 11.6 Å². The molecule has 1 rings (SSSR count). The maximum atomic E-state index is 13.2. The second kappa shape index (κ2) is 5.12. The highest BCUT2D eigenvalue weighted by atomic mass is 35.5. The van der Waals surface area contributed by atoms with Crippen LogP contribution in [0.15, 0.2) is 12.1 Å². The molecule has 0 aliphatic heterocycles. The van der Waals surface area contributed by atoms with E-state index in [0.29, 0.717) is 12.5 Å². The van der Waals surface area contributed by atoms with Gasteiger partial charge in [-0.3, -0.25) is 10.1 Å². The number of nitro groups is 1. The Morgan fingerprint density at radius 2 is 2.19 bits per heavy atom. The molecule has 0 aliphatic rings. The summed E-state index contributed by atoms with van der Waals surface area (Å²) in [6.45, 7) is 4.43. The smallest absolute Gasteiger partial charge is 0.294 e. The molecule has 1 N–H and O–H groups in total. The van der Waals surface area contributed by atoms with E-state index in [1.54, 1.807) is 0 Å². The van der Waals surface area contributed by atoms with Crippen molar-refractivity contribution in [3.8, 4) is 0 Å². The average Bonchev–Trinajstić information content (AvgIpc) is 2.18. The third kappa shape index (κ3) is 3.06. The Balaban J connectivity index is 3.05. The van der Waals surface area contributed by atoms with Gasteiger partial charge in [-0.15, -0.1) is 0 Å². The van der Waals surface area contributed by atoms with Gasteiger partial charge in [0, 0.05) is 18.7 Å². The van der Waals surface area contributed by atoms with Crippen LogP contribution in [-0.4, -0.2) is 11.5 Å². The van der Waals surface area contributed by atoms with E-state index >= 15 is 0 Å². The van der Waals surface area contributed by atoms with Gasteiger partial charge in [0.15, 0.2) is 0 Å². The molecule has 16 heavy (non-hydrogen) atoms. The van der Waals surface area contributed by atoms with Crippen molar-refractivity contribution < 1.29 is 9.31 Å². The number of hydrogen-bond donors (Lipinski definition) is 1. The maximum absolute atomic E-state index is 13.2. The van der Waals surface area contributed by atoms with Crippen LogP contribution < -0.4 is 5.32 Å². The van der Waals surface area contributed by atoms with E-state index in [9.17, 15) is 14.5 Å². The van der Waals surface area contributed by atoms with Crippen LogP contribution in [0.25, 0.3) is 0 Å². The Bertz CT molecular complexity index is 410. The number of nitro benzene ring substituents is 1. The summed E-state index contributed by atoms with van der Waals surface area (Å²) >= 11 is 5.49. The molecule has 0 amide bonds. The first kappa shape index (κ1) is 12.7. The van der Waals surface area contributed by atoms with Crippen molar-refractivity contribution in [2.45, 2.75) is 13.8 Å². The minimum atomic E-state index is -0.668. The van der Waals surface area contributed by atoms with Gasteiger partial charge >= 0.3 is 0 Å². The summed E-state index contributed by atoms with van der Waals surface area (Å²) in [7, 11) is 0. The zero-order valence-electron chi connectivity index (χ0n) is 8.96. The van der Waals surface area contributed by atoms with Gasteiger partial charge < -0.3 is 5.32 Å². The van der Waals surface area contributed by atoms with E-state index in [2.05, 4.69) is 5.32 Å². The van der Waals surface area contributed by atoms with Crippen molar-refractivity contribution in [3.63, 3.8) is 0 Å². The predicted octanol–water partition coefficient (Wildman–Crippen LogP) is 3.46. The van der Waals surface area contributed by atoms with Crippen molar-refractivity contribution in [1.82, 2.24) is 0 Å². The third-order valence-corrected chi connectivity index (χ3v) is 2.23. The van der Waals surface area contributed by atoms with Gasteiger partial charge in [0.1, 0.15) is 11.5 Å². The molecule has 0 radical (unpaired) electrons. The molecule has 6 heteroatoms. The molecular formula is C10H12ClFN2O2. The average molecular weight is 247 g/mol. The molecule has 0 spiro atoms. The van der Waals surface area contributed by atoms with Crippen molar-refractivity contribution >= 4 is 23.0 Å². The zero-order chi connectivity index (χ0) is 12.3. The van der Waals surface area contributed by atoms with Crippen molar-refractivity contribution in [2.75, 3.05) is 11.9 Å². The number of nitrogens with one attached hydrogen (secondary N) is 1. The number of anilines is 1. The SMILES string of the molecule is CC(C)CNc1cc(F)c(Cl)cc1[N+](=O)[O-]. The number of hydrogen-bond acceptors (Lipinski definition) is 3. The minimum absolute atomic E-state index is 0.153. The Labute approximate surface area is 97.6 Å². The van der Waals surface area contributed by atoms with Gasteiger partial charge in [-0.25, -0.2) is 4.39 Å². The number of rotatable bonds is 4. The molecule has 0 aliphatic carbocycles. The van der Waals surface area contributed by atoms with E-state index < -0.39 is 10.7 Å². The Hall–Kier alpha value is -1.36. The van der Waals surface area contributed by atoms with Crippen LogP contribution in [0.1, 0.15) is 13.8 Å². The van der Waals surface area contributed by atoms with Crippen molar-refractivity contribution in [3.05, 3.63) is 33.1 Å². The molecule has 0 saturated carbocycles. The highest BCUT2D eigenvalue weighted by Crippen LogP contribution is 2.30. The molecule has 0 fully saturated rings. The molecule has 1 aromatic carbocycles. The van der Waals surface area contributed by atoms with Gasteiger partial charge in [-0.1, -0.05) is 25.4 Å². The van der Waals surface area contributed by atoms with E-state index in [1.807, 2.05) is 13.8 Å². The Kier molecular flexibility index (Phi) is 4.06. The molecular weight excluding hydrogens is 235 g/mol. The van der Waals surface area contributed by atoms with E-state index in [0.717, 1.165) is 12.1 Å². The number of halogens is 2. The minimum Gasteiger partial charge on any atom is -0.379 e. The Morgan fingerprint density at radius 3 is 2.69 bits per heavy atom. The highest BCUT2D eigenvalue weighted by Gasteiger charge is 2.17. The summed E-state index contributed by atoms with van der Waals surface area (Å²) in [5.41, 5.74) is -0.0624. The van der Waals surface area contributed by atoms with Gasteiger partial charge in [0.25, 0.3) is 5.69 Å². The first-order valence-electron chi connectivity index (χ1n) is 4.79. The zero-order valence-corrected chi connectivity index (χ0v) is 9.71. The summed E-state index contributed by atoms with van der Waals surface area (Å²) in [6, 6.07) is 2.06. The third-order valence-electron chi connectivity index (χ3n) is 1.94. The lowest BCUT2D eigenvalue weighted by atomic mass is 10.2. The van der Waals surface area contributed by atoms with Crippen LogP contribution in [0.5, 0.6) is 0 Å². The topological polar surface area (TPSA) is 55.2 Å². The van der Waals surface area contributed by atoms with Crippen LogP contribution in [-0.2, 0) is 0 Å². The van der Waals surface area contributed by atoms with E-state index in [-0.39, 0.29) is 16.4 Å². The fourth-order valence-electron chi connectivity index (χ4n) is 1.14. The molecule has 0 unspecified atom stereocenters. The monoisotopic (exact) mass is 246 g/mol. The number of nitrogens with zero attached hydrogens (tertiary/aromatic N) is 1. The lowest BCUT2D eigenvalue weighted by Crippen LogP contribution is -2.09. The summed E-state index contributed by atoms with van der Waals surface area (Å²) in [4.78, 5) is 10.1. The van der Waals surface area contributed by atoms with Crippen molar-refractivity contribution in [2.24, 2.45) is 5.92 Å². The second-order valence-corrected chi connectivity index (χ2v) is 4.22. The van der Waals surface area contributed by atoms with E-state index in [4.69, 9.17) is 11.6 Å². The second-order valence-electron chi connectivity index (χ2n) is 3.82. The fraction of sp³-hybridized carbons (Fsp3) is 0.400. The Morgan fingerprint density at radius 1 is 1.56 bits per heavy atom. The molecule has 0 atom stereocenters. The first-order valence-corrected chi connectivity index (χ1v) is 5.17. The molecule has 1 aromatic rings. The van der Waals surface area contributed by atoms with Gasteiger partial charge in [0.2, 0.25) is 0 Å². The molecule has 0 saturated heterocycles. The molecule has 88 valence electrons. The first-order chi connectivity index (χ1) is 7.41. The van der Waals surface area contributed by atoms with Crippen LogP contribution in [0.4, 0.5) is 15.8 Å². The lowest BCUT2D eigenvalue weighted by molar-refractivity contribution is -0.384. The van der Waals surface area contributed by atoms with Crippen LogP contribution in [0.3, 0.4) is 0 Å². The van der Waals surface area contributed by atoms with Crippen molar-refractivity contribution in [1.29, 1.82) is 0 Å². The molecule has 0 aromatic heterocycles. The normalized spacial score (nSPS) is 10.6. The summed E-state index contributed by atoms with van der Waals surface area (Å²) in [6.07, 6.45) is 0. The van der Waals surface area contributed by atoms with Gasteiger partial charge in [0.05, 0.1) is 9.95 Å². The lowest BCUT2D eigenvalue weighted by Gasteiger charge is -2.09.